The Morgan fingerprint density at radius 3 is 2.19 bits per heavy atom. The van der Waals surface area contributed by atoms with Crippen molar-refractivity contribution in [1.82, 2.24) is 10.9 Å². The second-order valence-electron chi connectivity index (χ2n) is 5.54. The summed E-state index contributed by atoms with van der Waals surface area (Å²) < 4.78 is 28.7. The van der Waals surface area contributed by atoms with Crippen LogP contribution in [0, 0.1) is 5.82 Å². The molecule has 0 unspecified atom stereocenters. The Morgan fingerprint density at radius 1 is 0.889 bits per heavy atom. The van der Waals surface area contributed by atoms with Crippen molar-refractivity contribution >= 4 is 11.8 Å². The van der Waals surface area contributed by atoms with Gasteiger partial charge in [0.25, 0.3) is 5.91 Å². The Bertz CT molecular complexity index is 826. The monoisotopic (exact) mass is 376 g/mol. The lowest BCUT2D eigenvalue weighted by molar-refractivity contribution is -0.121. The molecule has 0 aromatic heterocycles. The molecule has 0 spiro atoms. The number of ether oxygens (including phenoxy) is 3. The van der Waals surface area contributed by atoms with Crippen LogP contribution in [0.15, 0.2) is 36.4 Å². The van der Waals surface area contributed by atoms with E-state index in [4.69, 9.17) is 14.2 Å². The number of rotatable bonds is 7. The lowest BCUT2D eigenvalue weighted by Gasteiger charge is -2.11. The summed E-state index contributed by atoms with van der Waals surface area (Å²) in [5.41, 5.74) is 5.59. The van der Waals surface area contributed by atoms with Crippen LogP contribution in [-0.4, -0.2) is 33.1 Å². The highest BCUT2D eigenvalue weighted by Crippen LogP contribution is 2.27. The van der Waals surface area contributed by atoms with Gasteiger partial charge in [0.15, 0.2) is 23.1 Å². The summed E-state index contributed by atoms with van der Waals surface area (Å²) in [5, 5.41) is 0. The average molecular weight is 376 g/mol. The lowest BCUT2D eigenvalue weighted by Crippen LogP contribution is -2.41. The standard InChI is InChI=1S/C19H21FN2O5/c1-25-15-7-4-12(10-14(15)20)5-9-18(23)21-22-19(24)13-6-8-16(26-2)17(11-13)27-3/h4,6-8,10-11H,5,9H2,1-3H3,(H,21,23)(H,22,24). The molecule has 27 heavy (non-hydrogen) atoms. The number of hydrogen-bond donors (Lipinski definition) is 2. The average Bonchev–Trinajstić information content (AvgIpc) is 2.69. The number of nitrogens with one attached hydrogen (secondary N) is 2. The zero-order valence-corrected chi connectivity index (χ0v) is 15.3. The van der Waals surface area contributed by atoms with E-state index in [1.807, 2.05) is 0 Å². The third-order valence-corrected chi connectivity index (χ3v) is 3.82. The summed E-state index contributed by atoms with van der Waals surface area (Å²) in [6.07, 6.45) is 0.400. The molecule has 144 valence electrons. The Hall–Kier alpha value is -3.29. The first kappa shape index (κ1) is 20.0. The Balaban J connectivity index is 1.86. The minimum Gasteiger partial charge on any atom is -0.494 e. The normalized spacial score (nSPS) is 10.1. The van der Waals surface area contributed by atoms with Gasteiger partial charge in [-0.1, -0.05) is 6.07 Å². The fourth-order valence-corrected chi connectivity index (χ4v) is 2.36. The maximum absolute atomic E-state index is 13.6. The van der Waals surface area contributed by atoms with Gasteiger partial charge in [-0.3, -0.25) is 20.4 Å². The number of hydrogen-bond acceptors (Lipinski definition) is 5. The van der Waals surface area contributed by atoms with Crippen molar-refractivity contribution in [2.75, 3.05) is 21.3 Å². The molecular weight excluding hydrogens is 355 g/mol. The predicted octanol–water partition coefficient (Wildman–Crippen LogP) is 2.25. The number of carbonyl (C=O) groups is 2. The molecule has 0 bridgehead atoms. The van der Waals surface area contributed by atoms with Gasteiger partial charge in [-0.2, -0.15) is 0 Å². The Morgan fingerprint density at radius 2 is 1.56 bits per heavy atom. The molecular formula is C19H21FN2O5. The van der Waals surface area contributed by atoms with Gasteiger partial charge in [-0.25, -0.2) is 4.39 Å². The van der Waals surface area contributed by atoms with E-state index in [2.05, 4.69) is 10.9 Å². The summed E-state index contributed by atoms with van der Waals surface area (Å²) in [4.78, 5) is 24.0. The van der Waals surface area contributed by atoms with Gasteiger partial charge in [-0.05, 0) is 42.3 Å². The molecule has 0 saturated carbocycles. The smallest absolute Gasteiger partial charge is 0.269 e. The second-order valence-corrected chi connectivity index (χ2v) is 5.54. The van der Waals surface area contributed by atoms with E-state index in [0.29, 0.717) is 29.0 Å². The van der Waals surface area contributed by atoms with Gasteiger partial charge in [0.1, 0.15) is 0 Å². The van der Waals surface area contributed by atoms with E-state index in [1.165, 1.54) is 39.5 Å². The maximum atomic E-state index is 13.6. The number of amides is 2. The van der Waals surface area contributed by atoms with Crippen LogP contribution in [0.3, 0.4) is 0 Å². The SMILES string of the molecule is COc1ccc(CCC(=O)NNC(=O)c2ccc(OC)c(OC)c2)cc1F. The van der Waals surface area contributed by atoms with Gasteiger partial charge in [-0.15, -0.1) is 0 Å². The van der Waals surface area contributed by atoms with E-state index < -0.39 is 17.6 Å². The number of benzene rings is 2. The van der Waals surface area contributed by atoms with Crippen molar-refractivity contribution in [3.8, 4) is 17.2 Å². The van der Waals surface area contributed by atoms with Gasteiger partial charge >= 0.3 is 0 Å². The second kappa shape index (κ2) is 9.42. The van der Waals surface area contributed by atoms with Crippen LogP contribution in [-0.2, 0) is 11.2 Å². The van der Waals surface area contributed by atoms with Crippen LogP contribution in [0.1, 0.15) is 22.3 Å². The number of hydrazine groups is 1. The van der Waals surface area contributed by atoms with E-state index >= 15 is 0 Å². The van der Waals surface area contributed by atoms with Crippen molar-refractivity contribution in [2.24, 2.45) is 0 Å². The first-order valence-electron chi connectivity index (χ1n) is 8.12. The molecule has 2 amide bonds. The number of carbonyl (C=O) groups excluding carboxylic acids is 2. The van der Waals surface area contributed by atoms with Gasteiger partial charge in [0.2, 0.25) is 5.91 Å². The largest absolute Gasteiger partial charge is 0.494 e. The number of methoxy groups -OCH3 is 3. The fraction of sp³-hybridized carbons (Fsp3) is 0.263. The highest BCUT2D eigenvalue weighted by Gasteiger charge is 2.12. The number of aryl methyl sites for hydroxylation is 1. The topological polar surface area (TPSA) is 85.9 Å². The van der Waals surface area contributed by atoms with Crippen LogP contribution in [0.5, 0.6) is 17.2 Å². The third-order valence-electron chi connectivity index (χ3n) is 3.82. The minimum atomic E-state index is -0.500. The van der Waals surface area contributed by atoms with Crippen LogP contribution < -0.4 is 25.1 Å². The molecule has 0 aliphatic rings. The highest BCUT2D eigenvalue weighted by atomic mass is 19.1. The Labute approximate surface area is 156 Å². The van der Waals surface area contributed by atoms with Gasteiger partial charge in [0.05, 0.1) is 21.3 Å². The predicted molar refractivity (Wildman–Crippen MR) is 96.4 cm³/mol. The molecule has 0 heterocycles. The summed E-state index contributed by atoms with van der Waals surface area (Å²) in [6.45, 7) is 0. The zero-order valence-electron chi connectivity index (χ0n) is 15.3. The van der Waals surface area contributed by atoms with Crippen LogP contribution in [0.2, 0.25) is 0 Å². The summed E-state index contributed by atoms with van der Waals surface area (Å²) in [6, 6.07) is 9.13. The molecule has 0 saturated heterocycles. The maximum Gasteiger partial charge on any atom is 0.269 e. The quantitative estimate of drug-likeness (QED) is 0.724. The molecule has 2 rings (SSSR count). The van der Waals surface area contributed by atoms with Crippen LogP contribution >= 0.6 is 0 Å². The Kier molecular flexibility index (Phi) is 6.99. The summed E-state index contributed by atoms with van der Waals surface area (Å²) in [7, 11) is 4.34. The van der Waals surface area contributed by atoms with Crippen molar-refractivity contribution in [3.05, 3.63) is 53.3 Å². The van der Waals surface area contributed by atoms with Crippen molar-refractivity contribution in [3.63, 3.8) is 0 Å². The summed E-state index contributed by atoms with van der Waals surface area (Å²) in [5.74, 6) is -0.356. The van der Waals surface area contributed by atoms with E-state index in [0.717, 1.165) is 0 Å². The van der Waals surface area contributed by atoms with Crippen molar-refractivity contribution < 1.29 is 28.2 Å². The van der Waals surface area contributed by atoms with Gasteiger partial charge in [0, 0.05) is 12.0 Å². The van der Waals surface area contributed by atoms with E-state index in [1.54, 1.807) is 18.2 Å². The molecule has 2 aromatic rings. The fourth-order valence-electron chi connectivity index (χ4n) is 2.36. The molecule has 0 fully saturated rings. The zero-order chi connectivity index (χ0) is 19.8. The van der Waals surface area contributed by atoms with Crippen molar-refractivity contribution in [1.29, 1.82) is 0 Å². The molecule has 2 N–H and O–H groups in total. The summed E-state index contributed by atoms with van der Waals surface area (Å²) >= 11 is 0. The molecule has 8 heteroatoms. The van der Waals surface area contributed by atoms with E-state index in [-0.39, 0.29) is 12.2 Å². The first-order valence-corrected chi connectivity index (χ1v) is 8.12. The molecule has 0 aliphatic carbocycles. The molecule has 7 nitrogen and oxygen atoms in total. The minimum absolute atomic E-state index is 0.0813. The highest BCUT2D eigenvalue weighted by molar-refractivity contribution is 5.96. The van der Waals surface area contributed by atoms with Crippen LogP contribution in [0.25, 0.3) is 0 Å². The number of halogens is 1. The molecule has 0 aliphatic heterocycles. The van der Waals surface area contributed by atoms with Gasteiger partial charge < -0.3 is 14.2 Å². The molecule has 0 atom stereocenters. The molecule has 2 aromatic carbocycles. The first-order chi connectivity index (χ1) is 13.0. The van der Waals surface area contributed by atoms with Crippen LogP contribution in [0.4, 0.5) is 4.39 Å². The van der Waals surface area contributed by atoms with E-state index in [9.17, 15) is 14.0 Å². The van der Waals surface area contributed by atoms with Crippen molar-refractivity contribution in [2.45, 2.75) is 12.8 Å². The lowest BCUT2D eigenvalue weighted by atomic mass is 10.1. The molecule has 0 radical (unpaired) electrons. The third kappa shape index (κ3) is 5.34.